The average Bonchev–Trinajstić information content (AvgIpc) is 2.38. The van der Waals surface area contributed by atoms with Crippen molar-refractivity contribution >= 4 is 5.69 Å². The van der Waals surface area contributed by atoms with E-state index in [0.717, 1.165) is 43.4 Å². The molecule has 0 amide bonds. The van der Waals surface area contributed by atoms with E-state index in [4.69, 9.17) is 9.47 Å². The Morgan fingerprint density at radius 1 is 0.941 bits per heavy atom. The molecule has 0 bridgehead atoms. The third-order valence-corrected chi connectivity index (χ3v) is 3.22. The SMILES string of the molecule is COc1cccc(OC)c1N1CCN(C)CC1. The van der Waals surface area contributed by atoms with Gasteiger partial charge in [-0.2, -0.15) is 0 Å². The van der Waals surface area contributed by atoms with Gasteiger partial charge in [0.05, 0.1) is 14.2 Å². The fraction of sp³-hybridized carbons (Fsp3) is 0.538. The molecule has 0 radical (unpaired) electrons. The summed E-state index contributed by atoms with van der Waals surface area (Å²) in [5, 5.41) is 0. The third kappa shape index (κ3) is 2.47. The summed E-state index contributed by atoms with van der Waals surface area (Å²) in [4.78, 5) is 4.66. The molecule has 4 heteroatoms. The molecule has 0 unspecified atom stereocenters. The molecule has 2 rings (SSSR count). The largest absolute Gasteiger partial charge is 0.494 e. The lowest BCUT2D eigenvalue weighted by Crippen LogP contribution is -2.44. The molecule has 0 aromatic heterocycles. The predicted molar refractivity (Wildman–Crippen MR) is 69.3 cm³/mol. The summed E-state index contributed by atoms with van der Waals surface area (Å²) in [7, 11) is 5.56. The van der Waals surface area contributed by atoms with E-state index < -0.39 is 0 Å². The molecule has 0 atom stereocenters. The highest BCUT2D eigenvalue weighted by molar-refractivity contribution is 5.68. The molecule has 1 aliphatic rings. The van der Waals surface area contributed by atoms with Gasteiger partial charge in [-0.1, -0.05) is 6.07 Å². The molecule has 0 N–H and O–H groups in total. The van der Waals surface area contributed by atoms with Gasteiger partial charge in [-0.05, 0) is 19.2 Å². The summed E-state index contributed by atoms with van der Waals surface area (Å²) in [6.07, 6.45) is 0. The van der Waals surface area contributed by atoms with Crippen LogP contribution in [0.25, 0.3) is 0 Å². The highest BCUT2D eigenvalue weighted by Crippen LogP contribution is 2.37. The van der Waals surface area contributed by atoms with Crippen LogP contribution in [0.5, 0.6) is 11.5 Å². The monoisotopic (exact) mass is 236 g/mol. The zero-order valence-corrected chi connectivity index (χ0v) is 10.8. The quantitative estimate of drug-likeness (QED) is 0.793. The Morgan fingerprint density at radius 3 is 1.94 bits per heavy atom. The fourth-order valence-corrected chi connectivity index (χ4v) is 2.17. The molecule has 4 nitrogen and oxygen atoms in total. The Labute approximate surface area is 103 Å². The first-order chi connectivity index (χ1) is 8.26. The van der Waals surface area contributed by atoms with Crippen LogP contribution < -0.4 is 14.4 Å². The second-order valence-electron chi connectivity index (χ2n) is 4.30. The van der Waals surface area contributed by atoms with Crippen molar-refractivity contribution in [3.63, 3.8) is 0 Å². The fourth-order valence-electron chi connectivity index (χ4n) is 2.17. The van der Waals surface area contributed by atoms with Crippen molar-refractivity contribution in [1.29, 1.82) is 0 Å². The lowest BCUT2D eigenvalue weighted by atomic mass is 10.2. The number of hydrogen-bond acceptors (Lipinski definition) is 4. The van der Waals surface area contributed by atoms with Crippen molar-refractivity contribution in [2.24, 2.45) is 0 Å². The van der Waals surface area contributed by atoms with Gasteiger partial charge in [0.2, 0.25) is 0 Å². The highest BCUT2D eigenvalue weighted by Gasteiger charge is 2.20. The number of hydrogen-bond donors (Lipinski definition) is 0. The van der Waals surface area contributed by atoms with Crippen molar-refractivity contribution in [1.82, 2.24) is 4.90 Å². The van der Waals surface area contributed by atoms with Gasteiger partial charge in [0, 0.05) is 26.2 Å². The Morgan fingerprint density at radius 2 is 1.47 bits per heavy atom. The van der Waals surface area contributed by atoms with Crippen LogP contribution in [0.1, 0.15) is 0 Å². The van der Waals surface area contributed by atoms with E-state index in [1.54, 1.807) is 14.2 Å². The highest BCUT2D eigenvalue weighted by atomic mass is 16.5. The zero-order valence-electron chi connectivity index (χ0n) is 10.8. The smallest absolute Gasteiger partial charge is 0.145 e. The van der Waals surface area contributed by atoms with Crippen molar-refractivity contribution in [2.45, 2.75) is 0 Å². The summed E-state index contributed by atoms with van der Waals surface area (Å²) < 4.78 is 10.9. The van der Waals surface area contributed by atoms with Gasteiger partial charge in [0.1, 0.15) is 17.2 Å². The minimum absolute atomic E-state index is 0.883. The first-order valence-corrected chi connectivity index (χ1v) is 5.90. The standard InChI is InChI=1S/C13H20N2O2/c1-14-7-9-15(10-8-14)13-11(16-2)5-4-6-12(13)17-3/h4-6H,7-10H2,1-3H3. The summed E-state index contributed by atoms with van der Waals surface area (Å²) in [5.74, 6) is 1.77. The normalized spacial score (nSPS) is 17.0. The maximum absolute atomic E-state index is 5.43. The van der Waals surface area contributed by atoms with Gasteiger partial charge in [-0.3, -0.25) is 0 Å². The molecule has 0 saturated carbocycles. The number of para-hydroxylation sites is 1. The summed E-state index contributed by atoms with van der Waals surface area (Å²) in [6, 6.07) is 5.92. The molecule has 1 aliphatic heterocycles. The number of rotatable bonds is 3. The maximum Gasteiger partial charge on any atom is 0.145 e. The predicted octanol–water partition coefficient (Wildman–Crippen LogP) is 1.46. The summed E-state index contributed by atoms with van der Waals surface area (Å²) in [5.41, 5.74) is 1.07. The van der Waals surface area contributed by atoms with Crippen LogP contribution in [-0.2, 0) is 0 Å². The molecule has 1 aromatic rings. The zero-order chi connectivity index (χ0) is 12.3. The first-order valence-electron chi connectivity index (χ1n) is 5.90. The summed E-state index contributed by atoms with van der Waals surface area (Å²) >= 11 is 0. The molecule has 1 aromatic carbocycles. The molecule has 0 spiro atoms. The number of methoxy groups -OCH3 is 2. The second-order valence-corrected chi connectivity index (χ2v) is 4.30. The number of benzene rings is 1. The number of ether oxygens (including phenoxy) is 2. The van der Waals surface area contributed by atoms with Crippen LogP contribution in [0, 0.1) is 0 Å². The van der Waals surface area contributed by atoms with Gasteiger partial charge in [0.25, 0.3) is 0 Å². The van der Waals surface area contributed by atoms with Crippen molar-refractivity contribution < 1.29 is 9.47 Å². The Balaban J connectivity index is 2.29. The lowest BCUT2D eigenvalue weighted by Gasteiger charge is -2.35. The van der Waals surface area contributed by atoms with Gasteiger partial charge in [0.15, 0.2) is 0 Å². The minimum atomic E-state index is 0.883. The van der Waals surface area contributed by atoms with Crippen molar-refractivity contribution in [3.8, 4) is 11.5 Å². The van der Waals surface area contributed by atoms with Crippen LogP contribution in [0.4, 0.5) is 5.69 Å². The first kappa shape index (κ1) is 12.0. The van der Waals surface area contributed by atoms with E-state index >= 15 is 0 Å². The number of nitrogens with zero attached hydrogens (tertiary/aromatic N) is 2. The van der Waals surface area contributed by atoms with Gasteiger partial charge < -0.3 is 19.3 Å². The third-order valence-electron chi connectivity index (χ3n) is 3.22. The summed E-state index contributed by atoms with van der Waals surface area (Å²) in [6.45, 7) is 4.16. The minimum Gasteiger partial charge on any atom is -0.494 e. The van der Waals surface area contributed by atoms with E-state index in [0.29, 0.717) is 0 Å². The van der Waals surface area contributed by atoms with E-state index in [9.17, 15) is 0 Å². The van der Waals surface area contributed by atoms with Gasteiger partial charge >= 0.3 is 0 Å². The molecule has 1 fully saturated rings. The van der Waals surface area contributed by atoms with E-state index in [1.165, 1.54) is 0 Å². The Hall–Kier alpha value is -1.42. The molecule has 94 valence electrons. The van der Waals surface area contributed by atoms with E-state index in [-0.39, 0.29) is 0 Å². The van der Waals surface area contributed by atoms with Crippen molar-refractivity contribution in [3.05, 3.63) is 18.2 Å². The molecule has 0 aliphatic carbocycles. The molecule has 1 heterocycles. The Bertz CT molecular complexity index is 351. The number of piperazine rings is 1. The average molecular weight is 236 g/mol. The second kappa shape index (κ2) is 5.27. The topological polar surface area (TPSA) is 24.9 Å². The Kier molecular flexibility index (Phi) is 3.74. The van der Waals surface area contributed by atoms with Gasteiger partial charge in [-0.25, -0.2) is 0 Å². The van der Waals surface area contributed by atoms with Gasteiger partial charge in [-0.15, -0.1) is 0 Å². The van der Waals surface area contributed by atoms with Crippen molar-refractivity contribution in [2.75, 3.05) is 52.3 Å². The van der Waals surface area contributed by atoms with E-state index in [2.05, 4.69) is 16.8 Å². The lowest BCUT2D eigenvalue weighted by molar-refractivity contribution is 0.308. The van der Waals surface area contributed by atoms with Crippen LogP contribution in [0.2, 0.25) is 0 Å². The number of anilines is 1. The van der Waals surface area contributed by atoms with Crippen LogP contribution in [-0.4, -0.2) is 52.3 Å². The van der Waals surface area contributed by atoms with E-state index in [1.807, 2.05) is 18.2 Å². The molecular formula is C13H20N2O2. The van der Waals surface area contributed by atoms with Crippen LogP contribution in [0.15, 0.2) is 18.2 Å². The maximum atomic E-state index is 5.43. The number of likely N-dealkylation sites (N-methyl/N-ethyl adjacent to an activating group) is 1. The van der Waals surface area contributed by atoms with Crippen LogP contribution in [0.3, 0.4) is 0 Å². The molecule has 1 saturated heterocycles. The molecule has 17 heavy (non-hydrogen) atoms. The van der Waals surface area contributed by atoms with Crippen LogP contribution >= 0.6 is 0 Å². The molecular weight excluding hydrogens is 216 g/mol.